The minimum Gasteiger partial charge on any atom is -0.334 e. The third-order valence-electron chi connectivity index (χ3n) is 4.36. The molecule has 30 heavy (non-hydrogen) atoms. The molecule has 1 N–H and O–H groups in total. The van der Waals surface area contributed by atoms with Crippen LogP contribution in [-0.4, -0.2) is 30.8 Å². The summed E-state index contributed by atoms with van der Waals surface area (Å²) in [4.78, 5) is 26.7. The fourth-order valence-electron chi connectivity index (χ4n) is 2.85. The maximum absolute atomic E-state index is 12.1. The van der Waals surface area contributed by atoms with Crippen LogP contribution in [0.4, 0.5) is 11.4 Å². The van der Waals surface area contributed by atoms with Crippen LogP contribution in [0.5, 0.6) is 0 Å². The van der Waals surface area contributed by atoms with E-state index in [0.29, 0.717) is 17.4 Å². The first-order chi connectivity index (χ1) is 14.5. The lowest BCUT2D eigenvalue weighted by Gasteiger charge is -2.05. The number of benzene rings is 2. The monoisotopic (exact) mass is 404 g/mol. The van der Waals surface area contributed by atoms with Crippen molar-refractivity contribution in [2.24, 2.45) is 0 Å². The molecule has 2 heterocycles. The molecular weight excluding hydrogens is 388 g/mol. The van der Waals surface area contributed by atoms with Gasteiger partial charge in [0.2, 0.25) is 11.7 Å². The second-order valence-corrected chi connectivity index (χ2v) is 6.52. The molecule has 10 nitrogen and oxygen atoms in total. The standard InChI is InChI=1S/C20H16N6O4/c1-13-4-2-3-5-17(13)20-23-19(24-30-20)14-6-8-15(9-7-14)22-18(27)12-25-11-16(10-21-25)26(28)29/h2-11H,12H2,1H3,(H,22,27). The Kier molecular flexibility index (Phi) is 5.04. The largest absolute Gasteiger partial charge is 0.334 e. The second-order valence-electron chi connectivity index (χ2n) is 6.52. The van der Waals surface area contributed by atoms with Crippen molar-refractivity contribution in [1.82, 2.24) is 19.9 Å². The molecule has 0 bridgehead atoms. The Morgan fingerprint density at radius 3 is 2.67 bits per heavy atom. The molecular formula is C20H16N6O4. The number of anilines is 1. The number of hydrogen-bond donors (Lipinski definition) is 1. The zero-order valence-corrected chi connectivity index (χ0v) is 15.8. The highest BCUT2D eigenvalue weighted by Gasteiger charge is 2.13. The van der Waals surface area contributed by atoms with Gasteiger partial charge in [-0.2, -0.15) is 10.1 Å². The van der Waals surface area contributed by atoms with E-state index in [4.69, 9.17) is 4.52 Å². The van der Waals surface area contributed by atoms with Gasteiger partial charge < -0.3 is 9.84 Å². The summed E-state index contributed by atoms with van der Waals surface area (Å²) >= 11 is 0. The molecule has 1 amide bonds. The number of carbonyl (C=O) groups is 1. The lowest BCUT2D eigenvalue weighted by atomic mass is 10.1. The molecule has 10 heteroatoms. The highest BCUT2D eigenvalue weighted by atomic mass is 16.6. The van der Waals surface area contributed by atoms with Crippen LogP contribution in [0.3, 0.4) is 0 Å². The Bertz CT molecular complexity index is 1210. The van der Waals surface area contributed by atoms with Gasteiger partial charge in [-0.05, 0) is 42.8 Å². The summed E-state index contributed by atoms with van der Waals surface area (Å²) < 4.78 is 6.58. The molecule has 4 rings (SSSR count). The molecule has 0 saturated carbocycles. The lowest BCUT2D eigenvalue weighted by molar-refractivity contribution is -0.385. The number of rotatable bonds is 6. The van der Waals surface area contributed by atoms with Gasteiger partial charge >= 0.3 is 5.69 Å². The molecule has 2 aromatic carbocycles. The molecule has 0 saturated heterocycles. The number of nitrogens with zero attached hydrogens (tertiary/aromatic N) is 5. The van der Waals surface area contributed by atoms with Crippen LogP contribution < -0.4 is 5.32 Å². The molecule has 0 unspecified atom stereocenters. The summed E-state index contributed by atoms with van der Waals surface area (Å²) in [6.07, 6.45) is 2.29. The summed E-state index contributed by atoms with van der Waals surface area (Å²) in [5.74, 6) is 0.519. The van der Waals surface area contributed by atoms with Gasteiger partial charge in [-0.3, -0.25) is 19.6 Å². The summed E-state index contributed by atoms with van der Waals surface area (Å²) in [6, 6.07) is 14.7. The van der Waals surface area contributed by atoms with E-state index in [9.17, 15) is 14.9 Å². The zero-order valence-electron chi connectivity index (χ0n) is 15.8. The van der Waals surface area contributed by atoms with E-state index in [1.165, 1.54) is 10.9 Å². The molecule has 0 fully saturated rings. The Balaban J connectivity index is 1.42. The predicted molar refractivity (Wildman–Crippen MR) is 107 cm³/mol. The number of amides is 1. The van der Waals surface area contributed by atoms with Crippen molar-refractivity contribution in [2.75, 3.05) is 5.32 Å². The number of carbonyl (C=O) groups excluding carboxylic acids is 1. The molecule has 0 aliphatic rings. The SMILES string of the molecule is Cc1ccccc1-c1nc(-c2ccc(NC(=O)Cn3cc([N+](=O)[O-])cn3)cc2)no1. The highest BCUT2D eigenvalue weighted by Crippen LogP contribution is 2.25. The van der Waals surface area contributed by atoms with Crippen LogP contribution in [0.25, 0.3) is 22.8 Å². The first-order valence-corrected chi connectivity index (χ1v) is 8.96. The highest BCUT2D eigenvalue weighted by molar-refractivity contribution is 5.90. The van der Waals surface area contributed by atoms with Crippen molar-refractivity contribution < 1.29 is 14.2 Å². The van der Waals surface area contributed by atoms with Crippen molar-refractivity contribution in [1.29, 1.82) is 0 Å². The summed E-state index contributed by atoms with van der Waals surface area (Å²) in [5.41, 5.74) is 3.04. The average Bonchev–Trinajstić information content (AvgIpc) is 3.39. The van der Waals surface area contributed by atoms with Gasteiger partial charge in [-0.1, -0.05) is 23.4 Å². The van der Waals surface area contributed by atoms with Crippen LogP contribution in [0, 0.1) is 17.0 Å². The molecule has 4 aromatic rings. The lowest BCUT2D eigenvalue weighted by Crippen LogP contribution is -2.18. The Hall–Kier alpha value is -4.34. The van der Waals surface area contributed by atoms with Crippen molar-refractivity contribution in [3.8, 4) is 22.8 Å². The number of nitro groups is 1. The van der Waals surface area contributed by atoms with Crippen molar-refractivity contribution in [3.63, 3.8) is 0 Å². The minimum atomic E-state index is -0.567. The second kappa shape index (κ2) is 7.95. The van der Waals surface area contributed by atoms with Gasteiger partial charge in [0.05, 0.1) is 4.92 Å². The van der Waals surface area contributed by atoms with E-state index >= 15 is 0 Å². The van der Waals surface area contributed by atoms with Gasteiger partial charge in [-0.15, -0.1) is 0 Å². The van der Waals surface area contributed by atoms with E-state index < -0.39 is 4.92 Å². The van der Waals surface area contributed by atoms with E-state index in [1.54, 1.807) is 24.3 Å². The molecule has 0 radical (unpaired) electrons. The third kappa shape index (κ3) is 4.07. The molecule has 0 aliphatic heterocycles. The van der Waals surface area contributed by atoms with Crippen molar-refractivity contribution in [3.05, 3.63) is 76.6 Å². The Morgan fingerprint density at radius 1 is 1.20 bits per heavy atom. The maximum Gasteiger partial charge on any atom is 0.307 e. The number of aryl methyl sites for hydroxylation is 1. The number of hydrogen-bond acceptors (Lipinski definition) is 7. The topological polar surface area (TPSA) is 129 Å². The van der Waals surface area contributed by atoms with Crippen LogP contribution in [0.15, 0.2) is 65.4 Å². The van der Waals surface area contributed by atoms with E-state index in [2.05, 4.69) is 20.6 Å². The molecule has 0 aliphatic carbocycles. The van der Waals surface area contributed by atoms with E-state index in [-0.39, 0.29) is 18.1 Å². The normalized spacial score (nSPS) is 10.7. The van der Waals surface area contributed by atoms with Gasteiger partial charge in [0, 0.05) is 16.8 Å². The maximum atomic E-state index is 12.1. The van der Waals surface area contributed by atoms with Crippen LogP contribution >= 0.6 is 0 Å². The fraction of sp³-hybridized carbons (Fsp3) is 0.100. The minimum absolute atomic E-state index is 0.139. The fourth-order valence-corrected chi connectivity index (χ4v) is 2.85. The van der Waals surface area contributed by atoms with Crippen molar-refractivity contribution >= 4 is 17.3 Å². The van der Waals surface area contributed by atoms with E-state index in [0.717, 1.165) is 22.9 Å². The van der Waals surface area contributed by atoms with E-state index in [1.807, 2.05) is 31.2 Å². The van der Waals surface area contributed by atoms with Gasteiger partial charge in [0.15, 0.2) is 0 Å². The number of nitrogens with one attached hydrogen (secondary N) is 1. The smallest absolute Gasteiger partial charge is 0.307 e. The molecule has 0 atom stereocenters. The van der Waals surface area contributed by atoms with Gasteiger partial charge in [0.1, 0.15) is 18.9 Å². The molecule has 2 aromatic heterocycles. The average molecular weight is 404 g/mol. The van der Waals surface area contributed by atoms with Crippen LogP contribution in [-0.2, 0) is 11.3 Å². The first kappa shape index (κ1) is 19.0. The molecule has 150 valence electrons. The molecule has 0 spiro atoms. The van der Waals surface area contributed by atoms with Gasteiger partial charge in [0.25, 0.3) is 5.89 Å². The van der Waals surface area contributed by atoms with Gasteiger partial charge in [-0.25, -0.2) is 0 Å². The Morgan fingerprint density at radius 2 is 1.97 bits per heavy atom. The predicted octanol–water partition coefficient (Wildman–Crippen LogP) is 3.46. The van der Waals surface area contributed by atoms with Crippen LogP contribution in [0.2, 0.25) is 0 Å². The van der Waals surface area contributed by atoms with Crippen molar-refractivity contribution in [2.45, 2.75) is 13.5 Å². The summed E-state index contributed by atoms with van der Waals surface area (Å²) in [6.45, 7) is 1.83. The zero-order chi connectivity index (χ0) is 21.1. The first-order valence-electron chi connectivity index (χ1n) is 8.96. The summed E-state index contributed by atoms with van der Waals surface area (Å²) in [7, 11) is 0. The Labute approximate surface area is 170 Å². The van der Waals surface area contributed by atoms with Crippen LogP contribution in [0.1, 0.15) is 5.56 Å². The summed E-state index contributed by atoms with van der Waals surface area (Å²) in [5, 5.41) is 21.2. The third-order valence-corrected chi connectivity index (χ3v) is 4.36. The number of aromatic nitrogens is 4. The quantitative estimate of drug-likeness (QED) is 0.385.